The van der Waals surface area contributed by atoms with Crippen molar-refractivity contribution in [2.45, 2.75) is 39.2 Å². The Labute approximate surface area is 354 Å². The summed E-state index contributed by atoms with van der Waals surface area (Å²) < 4.78 is 4.91. The highest BCUT2D eigenvalue weighted by Gasteiger charge is 2.33. The van der Waals surface area contributed by atoms with Crippen LogP contribution in [0.4, 0.5) is 5.69 Å². The van der Waals surface area contributed by atoms with E-state index in [1.165, 1.54) is 116 Å². The zero-order valence-corrected chi connectivity index (χ0v) is 34.2. The van der Waals surface area contributed by atoms with E-state index >= 15 is 0 Å². The van der Waals surface area contributed by atoms with Crippen molar-refractivity contribution in [2.75, 3.05) is 0 Å². The van der Waals surface area contributed by atoms with Crippen molar-refractivity contribution >= 4 is 83.1 Å². The summed E-state index contributed by atoms with van der Waals surface area (Å²) in [5, 5.41) is 13.0. The van der Waals surface area contributed by atoms with Gasteiger partial charge in [-0.05, 0) is 100 Å². The van der Waals surface area contributed by atoms with Gasteiger partial charge in [-0.2, -0.15) is 0 Å². The van der Waals surface area contributed by atoms with Crippen molar-refractivity contribution in [1.29, 1.82) is 0 Å². The van der Waals surface area contributed by atoms with E-state index in [9.17, 15) is 0 Å². The van der Waals surface area contributed by atoms with Gasteiger partial charge in [0.15, 0.2) is 0 Å². The highest BCUT2D eigenvalue weighted by molar-refractivity contribution is 6.24. The molecule has 0 radical (unpaired) electrons. The second kappa shape index (κ2) is 13.0. The zero-order valence-electron chi connectivity index (χ0n) is 34.2. The summed E-state index contributed by atoms with van der Waals surface area (Å²) in [4.78, 5) is 5.61. The highest BCUT2D eigenvalue weighted by Crippen LogP contribution is 2.47. The van der Waals surface area contributed by atoms with Crippen molar-refractivity contribution in [3.05, 3.63) is 203 Å². The molecule has 0 fully saturated rings. The Morgan fingerprint density at radius 1 is 0.557 bits per heavy atom. The lowest BCUT2D eigenvalue weighted by molar-refractivity contribution is 0.717. The fourth-order valence-electron chi connectivity index (χ4n) is 11.1. The number of hydrogen-bond acceptors (Lipinski definition) is 2. The Bertz CT molecular complexity index is 3600. The number of benzene rings is 8. The molecule has 4 nitrogen and oxygen atoms in total. The minimum Gasteiger partial charge on any atom is -0.344 e. The molecular formula is C57H42N4. The van der Waals surface area contributed by atoms with E-state index in [0.717, 1.165) is 30.9 Å². The van der Waals surface area contributed by atoms with Crippen molar-refractivity contribution in [1.82, 2.24) is 14.3 Å². The highest BCUT2D eigenvalue weighted by atomic mass is 15.2. The molecule has 0 saturated carbocycles. The fraction of sp³-hybridized carbons (Fsp3) is 0.105. The molecule has 2 aliphatic carbocycles. The van der Waals surface area contributed by atoms with Crippen LogP contribution in [-0.2, 0) is 12.8 Å². The molecule has 0 spiro atoms. The van der Waals surface area contributed by atoms with Gasteiger partial charge in [-0.1, -0.05) is 147 Å². The van der Waals surface area contributed by atoms with Gasteiger partial charge in [0.05, 0.1) is 33.8 Å². The number of allylic oxidation sites excluding steroid dienone is 1. The van der Waals surface area contributed by atoms with Crippen LogP contribution in [0.3, 0.4) is 0 Å². The normalized spacial score (nSPS) is 15.3. The molecule has 0 amide bonds. The molecular weight excluding hydrogens is 741 g/mol. The van der Waals surface area contributed by atoms with Gasteiger partial charge in [-0.15, -0.1) is 0 Å². The Morgan fingerprint density at radius 2 is 1.21 bits per heavy atom. The Kier molecular flexibility index (Phi) is 7.36. The lowest BCUT2D eigenvalue weighted by Crippen LogP contribution is -2.38. The predicted molar refractivity (Wildman–Crippen MR) is 257 cm³/mol. The van der Waals surface area contributed by atoms with Gasteiger partial charge in [-0.25, -0.2) is 4.99 Å². The van der Waals surface area contributed by atoms with Crippen LogP contribution in [0.5, 0.6) is 0 Å². The van der Waals surface area contributed by atoms with Gasteiger partial charge in [-0.3, -0.25) is 4.57 Å². The number of aliphatic imine (C=N–C) groups is 1. The van der Waals surface area contributed by atoms with E-state index < -0.39 is 0 Å². The zero-order chi connectivity index (χ0) is 40.3. The number of aromatic nitrogens is 2. The van der Waals surface area contributed by atoms with Gasteiger partial charge in [0, 0.05) is 49.1 Å². The molecule has 3 aliphatic rings. The van der Waals surface area contributed by atoms with Crippen LogP contribution in [0.25, 0.3) is 82.5 Å². The third kappa shape index (κ3) is 4.79. The molecule has 1 atom stereocenters. The molecule has 4 heterocycles. The first-order chi connectivity index (χ1) is 30.3. The van der Waals surface area contributed by atoms with E-state index in [1.54, 1.807) is 0 Å². The molecule has 14 rings (SSSR count). The first-order valence-corrected chi connectivity index (χ1v) is 21.8. The summed E-state index contributed by atoms with van der Waals surface area (Å²) in [6.07, 6.45) is 5.27. The topological polar surface area (TPSA) is 33.7 Å². The van der Waals surface area contributed by atoms with Gasteiger partial charge in [0.1, 0.15) is 0 Å². The predicted octanol–water partition coefficient (Wildman–Crippen LogP) is 14.3. The van der Waals surface area contributed by atoms with E-state index in [-0.39, 0.29) is 6.04 Å². The van der Waals surface area contributed by atoms with Crippen LogP contribution in [0.1, 0.15) is 65.4 Å². The van der Waals surface area contributed by atoms with E-state index in [4.69, 9.17) is 4.99 Å². The summed E-state index contributed by atoms with van der Waals surface area (Å²) in [6, 6.07) is 60.5. The average molecular weight is 783 g/mol. The number of nitrogens with one attached hydrogen (secondary N) is 1. The van der Waals surface area contributed by atoms with Crippen molar-refractivity contribution in [2.24, 2.45) is 4.99 Å². The molecule has 1 aliphatic heterocycles. The molecule has 4 heteroatoms. The third-order valence-electron chi connectivity index (χ3n) is 13.7. The summed E-state index contributed by atoms with van der Waals surface area (Å²) in [7, 11) is 0. The van der Waals surface area contributed by atoms with Crippen LogP contribution >= 0.6 is 0 Å². The number of rotatable bonds is 2. The Hall–Kier alpha value is -7.43. The third-order valence-corrected chi connectivity index (χ3v) is 13.7. The average Bonchev–Trinajstić information content (AvgIpc) is 4.07. The molecule has 290 valence electrons. The number of para-hydroxylation sites is 3. The molecule has 1 N–H and O–H groups in total. The number of hydrogen-bond donors (Lipinski definition) is 1. The lowest BCUT2D eigenvalue weighted by Gasteiger charge is -2.31. The Balaban J connectivity index is 0.00000188. The minimum absolute atomic E-state index is 0.0671. The quantitative estimate of drug-likeness (QED) is 0.186. The second-order valence-electron chi connectivity index (χ2n) is 16.6. The fourth-order valence-corrected chi connectivity index (χ4v) is 11.1. The summed E-state index contributed by atoms with van der Waals surface area (Å²) in [5.41, 5.74) is 19.4. The molecule has 61 heavy (non-hydrogen) atoms. The van der Waals surface area contributed by atoms with Gasteiger partial charge >= 0.3 is 0 Å². The van der Waals surface area contributed by atoms with Crippen molar-refractivity contribution in [3.63, 3.8) is 0 Å². The van der Waals surface area contributed by atoms with E-state index in [2.05, 4.69) is 184 Å². The molecule has 0 saturated heterocycles. The largest absolute Gasteiger partial charge is 0.344 e. The van der Waals surface area contributed by atoms with Crippen LogP contribution in [0.2, 0.25) is 0 Å². The van der Waals surface area contributed by atoms with Gasteiger partial charge in [0.25, 0.3) is 0 Å². The SMILES string of the molecule is C1=C(c2cc3c4ccccc4n4c5ccccc5c(c2)c34)CCc2c1c1ccccc1n2C1=Nc2c(ccc3ccccc23)C(c2cccc3c2Cc2ccccc2-3)N1.CC. The minimum atomic E-state index is -0.0671. The standard InChI is InChI=1S/C55H36N4.C2H6/c1-4-15-37-32(12-1)24-26-43-52(37)56-55(57-53(43)42-20-11-19-38-36-14-3-2-13-34(36)29-44(38)42)59-50-23-10-5-16-39(50)45-28-33(25-27-51(45)59)35-30-46-40-17-6-8-21-48(40)58-49-22-9-7-18-41(49)47(31-35)54(46)58;1-2/h1-24,26,28,30-31,53H,25,27,29H2,(H,56,57);1-2H3. The smallest absolute Gasteiger partial charge is 0.209 e. The van der Waals surface area contributed by atoms with Crippen LogP contribution < -0.4 is 5.32 Å². The number of nitrogens with zero attached hydrogens (tertiary/aromatic N) is 3. The van der Waals surface area contributed by atoms with Crippen molar-refractivity contribution in [3.8, 4) is 11.1 Å². The van der Waals surface area contributed by atoms with Crippen LogP contribution in [0.15, 0.2) is 169 Å². The van der Waals surface area contributed by atoms with Crippen LogP contribution in [-0.4, -0.2) is 14.9 Å². The maximum Gasteiger partial charge on any atom is 0.209 e. The number of fused-ring (bicyclic) bond motifs is 15. The van der Waals surface area contributed by atoms with E-state index in [0.29, 0.717) is 0 Å². The maximum absolute atomic E-state index is 5.61. The van der Waals surface area contributed by atoms with Crippen LogP contribution in [0, 0.1) is 0 Å². The van der Waals surface area contributed by atoms with Gasteiger partial charge in [0.2, 0.25) is 5.96 Å². The summed E-state index contributed by atoms with van der Waals surface area (Å²) >= 11 is 0. The van der Waals surface area contributed by atoms with Crippen molar-refractivity contribution < 1.29 is 0 Å². The molecule has 11 aromatic rings. The first kappa shape index (κ1) is 34.4. The second-order valence-corrected chi connectivity index (χ2v) is 16.6. The molecule has 3 aromatic heterocycles. The summed E-state index contributed by atoms with van der Waals surface area (Å²) in [6.45, 7) is 4.00. The monoisotopic (exact) mass is 782 g/mol. The maximum atomic E-state index is 5.61. The molecule has 1 unspecified atom stereocenters. The lowest BCUT2D eigenvalue weighted by atomic mass is 9.88. The summed E-state index contributed by atoms with van der Waals surface area (Å²) in [5.74, 6) is 0.889. The molecule has 0 bridgehead atoms. The Morgan fingerprint density at radius 3 is 2.00 bits per heavy atom. The van der Waals surface area contributed by atoms with Gasteiger partial charge < -0.3 is 9.72 Å². The first-order valence-electron chi connectivity index (χ1n) is 21.8. The molecule has 8 aromatic carbocycles. The van der Waals surface area contributed by atoms with E-state index in [1.807, 2.05) is 13.8 Å².